The summed E-state index contributed by atoms with van der Waals surface area (Å²) in [7, 11) is 0. The Kier molecular flexibility index (Phi) is 8.96. The van der Waals surface area contributed by atoms with E-state index in [0.29, 0.717) is 24.0 Å². The van der Waals surface area contributed by atoms with Gasteiger partial charge in [0, 0.05) is 45.8 Å². The molecule has 32 heavy (non-hydrogen) atoms. The van der Waals surface area contributed by atoms with E-state index < -0.39 is 0 Å². The van der Waals surface area contributed by atoms with Crippen molar-refractivity contribution in [3.63, 3.8) is 0 Å². The zero-order valence-corrected chi connectivity index (χ0v) is 19.5. The minimum Gasteiger partial charge on any atom is -0.447 e. The van der Waals surface area contributed by atoms with Crippen molar-refractivity contribution in [2.24, 2.45) is 5.92 Å². The Labute approximate surface area is 192 Å². The summed E-state index contributed by atoms with van der Waals surface area (Å²) >= 11 is 0. The van der Waals surface area contributed by atoms with Gasteiger partial charge in [-0.1, -0.05) is 25.7 Å². The van der Waals surface area contributed by atoms with Crippen molar-refractivity contribution in [1.29, 1.82) is 0 Å². The van der Waals surface area contributed by atoms with Gasteiger partial charge in [-0.25, -0.2) is 4.98 Å². The fraction of sp³-hybridized carbons (Fsp3) is 0.833. The number of hydrogen-bond donors (Lipinski definition) is 2. The lowest BCUT2D eigenvalue weighted by atomic mass is 9.89. The van der Waals surface area contributed by atoms with Gasteiger partial charge < -0.3 is 19.7 Å². The van der Waals surface area contributed by atoms with Crippen molar-refractivity contribution in [2.75, 3.05) is 58.9 Å². The molecule has 1 saturated carbocycles. The van der Waals surface area contributed by atoms with E-state index in [4.69, 9.17) is 4.42 Å². The van der Waals surface area contributed by atoms with E-state index in [9.17, 15) is 9.90 Å². The number of aliphatic hydroxyl groups excluding tert-OH is 1. The van der Waals surface area contributed by atoms with E-state index >= 15 is 0 Å². The number of piperidine rings is 1. The maximum atomic E-state index is 12.4. The van der Waals surface area contributed by atoms with Crippen LogP contribution in [0.2, 0.25) is 0 Å². The Morgan fingerprint density at radius 3 is 2.31 bits per heavy atom. The number of likely N-dealkylation sites (tertiary alicyclic amines) is 1. The minimum absolute atomic E-state index is 0.127. The molecule has 2 N–H and O–H groups in total. The predicted molar refractivity (Wildman–Crippen MR) is 123 cm³/mol. The highest BCUT2D eigenvalue weighted by Crippen LogP contribution is 2.22. The van der Waals surface area contributed by atoms with Crippen molar-refractivity contribution in [3.05, 3.63) is 17.8 Å². The third kappa shape index (κ3) is 7.27. The van der Waals surface area contributed by atoms with Crippen LogP contribution in [0.25, 0.3) is 0 Å². The first-order valence-electron chi connectivity index (χ1n) is 12.7. The van der Waals surface area contributed by atoms with Crippen LogP contribution in [0.1, 0.15) is 67.7 Å². The normalized spacial score (nSPS) is 23.3. The second kappa shape index (κ2) is 12.1. The molecule has 1 amide bonds. The lowest BCUT2D eigenvalue weighted by Gasteiger charge is -2.36. The van der Waals surface area contributed by atoms with Crippen LogP contribution >= 0.6 is 0 Å². The highest BCUT2D eigenvalue weighted by atomic mass is 16.3. The van der Waals surface area contributed by atoms with Crippen molar-refractivity contribution in [1.82, 2.24) is 25.0 Å². The van der Waals surface area contributed by atoms with Gasteiger partial charge in [-0.15, -0.1) is 0 Å². The molecule has 4 rings (SSSR count). The van der Waals surface area contributed by atoms with Gasteiger partial charge in [-0.05, 0) is 44.7 Å². The molecule has 0 bridgehead atoms. The lowest BCUT2D eigenvalue weighted by molar-refractivity contribution is 0.0434. The molecule has 1 aromatic heterocycles. The molecule has 0 aromatic carbocycles. The molecule has 1 unspecified atom stereocenters. The number of hydrogen-bond acceptors (Lipinski definition) is 7. The quantitative estimate of drug-likeness (QED) is 0.598. The van der Waals surface area contributed by atoms with E-state index in [1.165, 1.54) is 57.6 Å². The zero-order chi connectivity index (χ0) is 22.2. The van der Waals surface area contributed by atoms with Gasteiger partial charge in [0.05, 0.1) is 12.6 Å². The Hall–Kier alpha value is -1.48. The Bertz CT molecular complexity index is 692. The topological polar surface area (TPSA) is 85.1 Å². The molecule has 3 fully saturated rings. The van der Waals surface area contributed by atoms with Gasteiger partial charge in [-0.3, -0.25) is 14.6 Å². The number of carbonyl (C=O) groups excluding carboxylic acids is 1. The summed E-state index contributed by atoms with van der Waals surface area (Å²) < 4.78 is 5.58. The molecule has 0 spiro atoms. The van der Waals surface area contributed by atoms with Crippen LogP contribution in [-0.2, 0) is 6.54 Å². The number of rotatable bonds is 9. The summed E-state index contributed by atoms with van der Waals surface area (Å²) in [6, 6.07) is 0. The van der Waals surface area contributed by atoms with E-state index in [0.717, 1.165) is 58.9 Å². The molecule has 8 heteroatoms. The number of amides is 1. The average Bonchev–Trinajstić information content (AvgIpc) is 3.29. The number of aliphatic hydroxyl groups is 1. The first kappa shape index (κ1) is 23.7. The van der Waals surface area contributed by atoms with Crippen LogP contribution in [0.4, 0.5) is 0 Å². The molecular weight excluding hydrogens is 406 g/mol. The highest BCUT2D eigenvalue weighted by molar-refractivity contribution is 5.91. The van der Waals surface area contributed by atoms with E-state index in [-0.39, 0.29) is 12.0 Å². The van der Waals surface area contributed by atoms with Crippen molar-refractivity contribution >= 4 is 5.91 Å². The van der Waals surface area contributed by atoms with Gasteiger partial charge in [0.25, 0.3) is 5.91 Å². The molecule has 3 heterocycles. The SMILES string of the molecule is O=C(NCC1CCCCC1)c1coc(CN2CCN(CC(O)CN3CCCCC3)CC2)n1. The number of nitrogens with one attached hydrogen (secondary N) is 1. The van der Waals surface area contributed by atoms with Crippen LogP contribution < -0.4 is 5.32 Å². The largest absolute Gasteiger partial charge is 0.447 e. The standard InChI is InChI=1S/C24H41N5O3/c30-21(16-27-9-5-2-6-10-27)17-28-11-13-29(14-12-28)18-23-26-22(19-32-23)24(31)25-15-20-7-3-1-4-8-20/h19-21,30H,1-18H2,(H,25,31). The highest BCUT2D eigenvalue weighted by Gasteiger charge is 2.23. The van der Waals surface area contributed by atoms with Gasteiger partial charge >= 0.3 is 0 Å². The van der Waals surface area contributed by atoms with Crippen LogP contribution in [0.5, 0.6) is 0 Å². The van der Waals surface area contributed by atoms with Crippen LogP contribution in [0.15, 0.2) is 10.7 Å². The molecule has 1 atom stereocenters. The minimum atomic E-state index is -0.277. The molecule has 1 aliphatic carbocycles. The number of carbonyl (C=O) groups is 1. The van der Waals surface area contributed by atoms with Gasteiger partial charge in [-0.2, -0.15) is 0 Å². The van der Waals surface area contributed by atoms with Crippen molar-refractivity contribution in [3.8, 4) is 0 Å². The molecule has 0 radical (unpaired) electrons. The van der Waals surface area contributed by atoms with Crippen molar-refractivity contribution < 1.29 is 14.3 Å². The molecular formula is C24H41N5O3. The smallest absolute Gasteiger partial charge is 0.273 e. The molecule has 180 valence electrons. The molecule has 2 aliphatic heterocycles. The summed E-state index contributed by atoms with van der Waals surface area (Å²) in [6.45, 7) is 8.87. The third-order valence-electron chi connectivity index (χ3n) is 7.27. The van der Waals surface area contributed by atoms with Crippen molar-refractivity contribution in [2.45, 2.75) is 64.0 Å². The number of aromatic nitrogens is 1. The third-order valence-corrected chi connectivity index (χ3v) is 7.27. The predicted octanol–water partition coefficient (Wildman–Crippen LogP) is 1.95. The van der Waals surface area contributed by atoms with Crippen LogP contribution in [0, 0.1) is 5.92 Å². The summed E-state index contributed by atoms with van der Waals surface area (Å²) in [6.07, 6.45) is 11.4. The van der Waals surface area contributed by atoms with Crippen LogP contribution in [0.3, 0.4) is 0 Å². The molecule has 3 aliphatic rings. The van der Waals surface area contributed by atoms with Gasteiger partial charge in [0.15, 0.2) is 5.69 Å². The Morgan fingerprint density at radius 2 is 1.59 bits per heavy atom. The fourth-order valence-electron chi connectivity index (χ4n) is 5.32. The van der Waals surface area contributed by atoms with Crippen LogP contribution in [-0.4, -0.2) is 95.7 Å². The number of nitrogens with zero attached hydrogens (tertiary/aromatic N) is 4. The second-order valence-electron chi connectivity index (χ2n) is 9.93. The fourth-order valence-corrected chi connectivity index (χ4v) is 5.32. The van der Waals surface area contributed by atoms with E-state index in [2.05, 4.69) is 25.0 Å². The average molecular weight is 448 g/mol. The van der Waals surface area contributed by atoms with E-state index in [1.54, 1.807) is 0 Å². The Balaban J connectivity index is 1.13. The number of piperazine rings is 1. The summed E-state index contributed by atoms with van der Waals surface area (Å²) in [5.41, 5.74) is 0.385. The lowest BCUT2D eigenvalue weighted by Crippen LogP contribution is -2.50. The summed E-state index contributed by atoms with van der Waals surface area (Å²) in [5, 5.41) is 13.5. The molecule has 8 nitrogen and oxygen atoms in total. The summed E-state index contributed by atoms with van der Waals surface area (Å²) in [4.78, 5) is 23.9. The second-order valence-corrected chi connectivity index (χ2v) is 9.93. The number of β-amino-alcohol motifs (C(OH)–C–C–N with tert-alkyl or cyclic N) is 1. The van der Waals surface area contributed by atoms with E-state index in [1.807, 2.05) is 0 Å². The Morgan fingerprint density at radius 1 is 0.969 bits per heavy atom. The first-order valence-corrected chi connectivity index (χ1v) is 12.7. The zero-order valence-electron chi connectivity index (χ0n) is 19.5. The monoisotopic (exact) mass is 447 g/mol. The molecule has 2 saturated heterocycles. The van der Waals surface area contributed by atoms with Gasteiger partial charge in [0.1, 0.15) is 6.26 Å². The first-order chi connectivity index (χ1) is 15.7. The molecule has 1 aromatic rings. The maximum Gasteiger partial charge on any atom is 0.273 e. The van der Waals surface area contributed by atoms with Gasteiger partial charge in [0.2, 0.25) is 5.89 Å². The number of oxazole rings is 1. The summed E-state index contributed by atoms with van der Waals surface area (Å²) in [5.74, 6) is 1.08. The maximum absolute atomic E-state index is 12.4.